The lowest BCUT2D eigenvalue weighted by molar-refractivity contribution is 0.0804. The van der Waals surface area contributed by atoms with Crippen LogP contribution >= 0.6 is 0 Å². The van der Waals surface area contributed by atoms with E-state index < -0.39 is 17.7 Å². The first-order valence-corrected chi connectivity index (χ1v) is 6.12. The summed E-state index contributed by atoms with van der Waals surface area (Å²) >= 11 is 0. The van der Waals surface area contributed by atoms with Crippen LogP contribution in [0.15, 0.2) is 24.3 Å². The van der Waals surface area contributed by atoms with Gasteiger partial charge in [-0.05, 0) is 38.5 Å². The van der Waals surface area contributed by atoms with Crippen LogP contribution in [0.1, 0.15) is 32.4 Å². The highest BCUT2D eigenvalue weighted by molar-refractivity contribution is 5.29. The van der Waals surface area contributed by atoms with E-state index >= 15 is 0 Å². The topological polar surface area (TPSA) is 61.7 Å². The van der Waals surface area contributed by atoms with E-state index in [9.17, 15) is 10.2 Å². The Kier molecular flexibility index (Phi) is 5.14. The van der Waals surface area contributed by atoms with E-state index in [1.807, 2.05) is 38.1 Å². The molecule has 18 heavy (non-hydrogen) atoms. The standard InChI is InChI=1S/C14H23NO3/c1-10(16)14(2,3)15-9-13(17)11-6-5-7-12(8-11)18-4/h5-8,10,13,15-17H,9H2,1-4H3. The zero-order valence-electron chi connectivity index (χ0n) is 11.5. The van der Waals surface area contributed by atoms with Gasteiger partial charge in [-0.3, -0.25) is 0 Å². The van der Waals surface area contributed by atoms with Crippen molar-refractivity contribution < 1.29 is 14.9 Å². The molecule has 0 saturated heterocycles. The van der Waals surface area contributed by atoms with Crippen molar-refractivity contribution in [3.63, 3.8) is 0 Å². The fourth-order valence-electron chi connectivity index (χ4n) is 1.47. The van der Waals surface area contributed by atoms with E-state index in [0.29, 0.717) is 6.54 Å². The molecule has 1 aromatic carbocycles. The predicted octanol–water partition coefficient (Wildman–Crippen LogP) is 1.48. The maximum Gasteiger partial charge on any atom is 0.119 e. The number of hydrogen-bond acceptors (Lipinski definition) is 4. The number of ether oxygens (including phenoxy) is 1. The van der Waals surface area contributed by atoms with Gasteiger partial charge in [0.25, 0.3) is 0 Å². The highest BCUT2D eigenvalue weighted by Crippen LogP contribution is 2.19. The average molecular weight is 253 g/mol. The quantitative estimate of drug-likeness (QED) is 0.718. The lowest BCUT2D eigenvalue weighted by Crippen LogP contribution is -2.49. The monoisotopic (exact) mass is 253 g/mol. The zero-order valence-corrected chi connectivity index (χ0v) is 11.5. The van der Waals surface area contributed by atoms with Gasteiger partial charge < -0.3 is 20.3 Å². The fourth-order valence-corrected chi connectivity index (χ4v) is 1.47. The van der Waals surface area contributed by atoms with Crippen LogP contribution in [0, 0.1) is 0 Å². The molecule has 3 N–H and O–H groups in total. The number of rotatable bonds is 6. The van der Waals surface area contributed by atoms with E-state index in [-0.39, 0.29) is 0 Å². The molecule has 4 heteroatoms. The summed E-state index contributed by atoms with van der Waals surface area (Å²) in [5, 5.41) is 22.8. The third-order valence-corrected chi connectivity index (χ3v) is 3.27. The Balaban J connectivity index is 2.62. The molecule has 102 valence electrons. The van der Waals surface area contributed by atoms with Crippen molar-refractivity contribution in [2.24, 2.45) is 0 Å². The van der Waals surface area contributed by atoms with Crippen LogP contribution in [-0.4, -0.2) is 35.5 Å². The summed E-state index contributed by atoms with van der Waals surface area (Å²) in [6, 6.07) is 7.34. The molecule has 0 aliphatic rings. The number of aliphatic hydroxyl groups excluding tert-OH is 2. The Morgan fingerprint density at radius 1 is 1.33 bits per heavy atom. The summed E-state index contributed by atoms with van der Waals surface area (Å²) in [5.41, 5.74) is 0.364. The second-order valence-corrected chi connectivity index (χ2v) is 5.07. The van der Waals surface area contributed by atoms with E-state index in [1.165, 1.54) is 0 Å². The van der Waals surface area contributed by atoms with Gasteiger partial charge in [-0.2, -0.15) is 0 Å². The van der Waals surface area contributed by atoms with E-state index in [2.05, 4.69) is 5.32 Å². The minimum atomic E-state index is -0.627. The molecule has 0 aromatic heterocycles. The first-order chi connectivity index (χ1) is 8.36. The Morgan fingerprint density at radius 3 is 2.56 bits per heavy atom. The molecule has 2 atom stereocenters. The predicted molar refractivity (Wildman–Crippen MR) is 71.7 cm³/mol. The molecule has 0 bridgehead atoms. The molecule has 0 heterocycles. The lowest BCUT2D eigenvalue weighted by Gasteiger charge is -2.30. The van der Waals surface area contributed by atoms with Crippen molar-refractivity contribution in [3.8, 4) is 5.75 Å². The molecule has 0 radical (unpaired) electrons. The molecule has 0 spiro atoms. The van der Waals surface area contributed by atoms with E-state index in [4.69, 9.17) is 4.74 Å². The number of aliphatic hydroxyl groups is 2. The second-order valence-electron chi connectivity index (χ2n) is 5.07. The maximum absolute atomic E-state index is 10.1. The SMILES string of the molecule is COc1cccc(C(O)CNC(C)(C)C(C)O)c1. The summed E-state index contributed by atoms with van der Waals surface area (Å²) < 4.78 is 5.12. The van der Waals surface area contributed by atoms with Crippen molar-refractivity contribution in [1.82, 2.24) is 5.32 Å². The molecule has 2 unspecified atom stereocenters. The van der Waals surface area contributed by atoms with Crippen LogP contribution in [0.3, 0.4) is 0 Å². The Labute approximate surface area is 109 Å². The van der Waals surface area contributed by atoms with Gasteiger partial charge in [-0.15, -0.1) is 0 Å². The zero-order chi connectivity index (χ0) is 13.8. The van der Waals surface area contributed by atoms with Crippen LogP contribution in [0.25, 0.3) is 0 Å². The van der Waals surface area contributed by atoms with E-state index in [0.717, 1.165) is 11.3 Å². The number of hydrogen-bond donors (Lipinski definition) is 3. The minimum Gasteiger partial charge on any atom is -0.497 e. The normalized spacial score (nSPS) is 15.2. The van der Waals surface area contributed by atoms with Crippen LogP contribution in [0.2, 0.25) is 0 Å². The molecular formula is C14H23NO3. The van der Waals surface area contributed by atoms with Gasteiger partial charge >= 0.3 is 0 Å². The highest BCUT2D eigenvalue weighted by Gasteiger charge is 2.24. The highest BCUT2D eigenvalue weighted by atomic mass is 16.5. The summed E-state index contributed by atoms with van der Waals surface area (Å²) in [6.07, 6.45) is -1.12. The third-order valence-electron chi connectivity index (χ3n) is 3.27. The van der Waals surface area contributed by atoms with Crippen LogP contribution < -0.4 is 10.1 Å². The molecule has 0 saturated carbocycles. The van der Waals surface area contributed by atoms with E-state index in [1.54, 1.807) is 14.0 Å². The van der Waals surface area contributed by atoms with Gasteiger partial charge in [0.1, 0.15) is 5.75 Å². The molecule has 1 rings (SSSR count). The van der Waals surface area contributed by atoms with Crippen molar-refractivity contribution in [1.29, 1.82) is 0 Å². The van der Waals surface area contributed by atoms with Gasteiger partial charge in [0, 0.05) is 12.1 Å². The number of β-amino-alcohol motifs (C(OH)–C–C–N with tert-alkyl or cyclic N) is 1. The molecule has 0 aliphatic carbocycles. The first kappa shape index (κ1) is 15.0. The smallest absolute Gasteiger partial charge is 0.119 e. The van der Waals surface area contributed by atoms with Crippen LogP contribution in [0.5, 0.6) is 5.75 Å². The van der Waals surface area contributed by atoms with Crippen molar-refractivity contribution >= 4 is 0 Å². The first-order valence-electron chi connectivity index (χ1n) is 6.12. The summed E-state index contributed by atoms with van der Waals surface area (Å²) in [7, 11) is 1.60. The molecule has 0 aliphatic heterocycles. The Morgan fingerprint density at radius 2 is 2.00 bits per heavy atom. The van der Waals surface area contributed by atoms with Crippen molar-refractivity contribution in [3.05, 3.63) is 29.8 Å². The minimum absolute atomic E-state index is 0.380. The number of nitrogens with one attached hydrogen (secondary N) is 1. The van der Waals surface area contributed by atoms with Gasteiger partial charge in [0.2, 0.25) is 0 Å². The van der Waals surface area contributed by atoms with Crippen LogP contribution in [0.4, 0.5) is 0 Å². The maximum atomic E-state index is 10.1. The summed E-state index contributed by atoms with van der Waals surface area (Å²) in [5.74, 6) is 0.723. The van der Waals surface area contributed by atoms with Gasteiger partial charge in [-0.25, -0.2) is 0 Å². The molecular weight excluding hydrogens is 230 g/mol. The second kappa shape index (κ2) is 6.18. The van der Waals surface area contributed by atoms with Gasteiger partial charge in [0.05, 0.1) is 19.3 Å². The fraction of sp³-hybridized carbons (Fsp3) is 0.571. The molecule has 1 aromatic rings. The summed E-state index contributed by atoms with van der Waals surface area (Å²) in [4.78, 5) is 0. The van der Waals surface area contributed by atoms with Crippen molar-refractivity contribution in [2.45, 2.75) is 38.5 Å². The average Bonchev–Trinajstić information content (AvgIpc) is 2.36. The van der Waals surface area contributed by atoms with Crippen LogP contribution in [-0.2, 0) is 0 Å². The van der Waals surface area contributed by atoms with Gasteiger partial charge in [-0.1, -0.05) is 12.1 Å². The Hall–Kier alpha value is -1.10. The number of benzene rings is 1. The molecule has 4 nitrogen and oxygen atoms in total. The lowest BCUT2D eigenvalue weighted by atomic mass is 9.98. The third kappa shape index (κ3) is 3.98. The Bertz CT molecular complexity index is 377. The largest absolute Gasteiger partial charge is 0.497 e. The number of methoxy groups -OCH3 is 1. The molecule has 0 amide bonds. The summed E-state index contributed by atoms with van der Waals surface area (Å²) in [6.45, 7) is 5.90. The molecule has 0 fully saturated rings. The van der Waals surface area contributed by atoms with Crippen molar-refractivity contribution in [2.75, 3.05) is 13.7 Å². The van der Waals surface area contributed by atoms with Gasteiger partial charge in [0.15, 0.2) is 0 Å².